The molecule has 14 heavy (non-hydrogen) atoms. The molecule has 0 bridgehead atoms. The third-order valence-electron chi connectivity index (χ3n) is 1.75. The summed E-state index contributed by atoms with van der Waals surface area (Å²) in [6.45, 7) is 0.157. The van der Waals surface area contributed by atoms with Crippen molar-refractivity contribution in [1.82, 2.24) is 0 Å². The third kappa shape index (κ3) is 5.10. The van der Waals surface area contributed by atoms with Gasteiger partial charge in [0.1, 0.15) is 0 Å². The van der Waals surface area contributed by atoms with Gasteiger partial charge in [-0.3, -0.25) is 0 Å². The minimum absolute atomic E-state index is 0.157. The Morgan fingerprint density at radius 2 is 1.71 bits per heavy atom. The molecule has 0 radical (unpaired) electrons. The van der Waals surface area contributed by atoms with E-state index in [9.17, 15) is 0 Å². The SMILES string of the molecule is O[Si](O)(O)OCCCc1ccccc1. The van der Waals surface area contributed by atoms with Crippen molar-refractivity contribution in [3.8, 4) is 0 Å². The van der Waals surface area contributed by atoms with Gasteiger partial charge < -0.3 is 18.8 Å². The summed E-state index contributed by atoms with van der Waals surface area (Å²) in [5.41, 5.74) is 1.16. The van der Waals surface area contributed by atoms with Crippen LogP contribution in [0.15, 0.2) is 30.3 Å². The first-order chi connectivity index (χ1) is 6.58. The van der Waals surface area contributed by atoms with Gasteiger partial charge in [0, 0.05) is 6.61 Å². The molecule has 1 rings (SSSR count). The molecule has 1 aromatic rings. The van der Waals surface area contributed by atoms with Gasteiger partial charge in [0.2, 0.25) is 0 Å². The number of aryl methyl sites for hydroxylation is 1. The van der Waals surface area contributed by atoms with Crippen molar-refractivity contribution in [3.05, 3.63) is 35.9 Å². The zero-order chi connectivity index (χ0) is 10.4. The van der Waals surface area contributed by atoms with Crippen LogP contribution >= 0.6 is 0 Å². The van der Waals surface area contributed by atoms with Crippen molar-refractivity contribution >= 4 is 9.05 Å². The van der Waals surface area contributed by atoms with E-state index < -0.39 is 9.05 Å². The quantitative estimate of drug-likeness (QED) is 0.478. The van der Waals surface area contributed by atoms with Crippen LogP contribution in [0.25, 0.3) is 0 Å². The average molecular weight is 214 g/mol. The smallest absolute Gasteiger partial charge is 0.368 e. The Kier molecular flexibility index (Phi) is 4.24. The Hall–Kier alpha value is -0.723. The van der Waals surface area contributed by atoms with E-state index in [0.29, 0.717) is 6.42 Å². The van der Waals surface area contributed by atoms with E-state index >= 15 is 0 Å². The highest BCUT2D eigenvalue weighted by atomic mass is 28.4. The Balaban J connectivity index is 2.17. The lowest BCUT2D eigenvalue weighted by molar-refractivity contribution is 0.0625. The summed E-state index contributed by atoms with van der Waals surface area (Å²) in [7, 11) is -4.30. The highest BCUT2D eigenvalue weighted by Crippen LogP contribution is 2.03. The number of benzene rings is 1. The van der Waals surface area contributed by atoms with Gasteiger partial charge in [-0.2, -0.15) is 0 Å². The van der Waals surface area contributed by atoms with Crippen LogP contribution in [0.1, 0.15) is 12.0 Å². The highest BCUT2D eigenvalue weighted by molar-refractivity contribution is 6.48. The Morgan fingerprint density at radius 1 is 1.07 bits per heavy atom. The van der Waals surface area contributed by atoms with E-state index in [-0.39, 0.29) is 6.61 Å². The molecule has 5 heteroatoms. The first-order valence-electron chi connectivity index (χ1n) is 4.43. The molecule has 4 nitrogen and oxygen atoms in total. The lowest BCUT2D eigenvalue weighted by Crippen LogP contribution is -2.39. The zero-order valence-corrected chi connectivity index (χ0v) is 8.76. The minimum Gasteiger partial charge on any atom is -0.368 e. The predicted molar refractivity (Wildman–Crippen MR) is 53.1 cm³/mol. The van der Waals surface area contributed by atoms with Crippen LogP contribution < -0.4 is 0 Å². The van der Waals surface area contributed by atoms with Gasteiger partial charge in [-0.15, -0.1) is 0 Å². The van der Waals surface area contributed by atoms with E-state index in [1.807, 2.05) is 30.3 Å². The average Bonchev–Trinajstić information content (AvgIpc) is 2.13. The topological polar surface area (TPSA) is 69.9 Å². The molecule has 0 saturated heterocycles. The second-order valence-electron chi connectivity index (χ2n) is 3.01. The zero-order valence-electron chi connectivity index (χ0n) is 7.76. The van der Waals surface area contributed by atoms with Crippen molar-refractivity contribution in [1.29, 1.82) is 0 Å². The molecule has 0 aliphatic heterocycles. The standard InChI is InChI=1S/C9H14O4Si/c10-14(11,12)13-8-4-7-9-5-2-1-3-6-9/h1-3,5-6,10-12H,4,7-8H2. The summed E-state index contributed by atoms with van der Waals surface area (Å²) in [5, 5.41) is 0. The molecule has 0 spiro atoms. The van der Waals surface area contributed by atoms with Crippen LogP contribution in [0.3, 0.4) is 0 Å². The molecule has 1 aromatic carbocycles. The first-order valence-corrected chi connectivity index (χ1v) is 6.18. The minimum atomic E-state index is -4.30. The van der Waals surface area contributed by atoms with E-state index in [2.05, 4.69) is 4.43 Å². The Bertz CT molecular complexity index is 257. The van der Waals surface area contributed by atoms with Crippen molar-refractivity contribution in [2.45, 2.75) is 12.8 Å². The summed E-state index contributed by atoms with van der Waals surface area (Å²) in [6.07, 6.45) is 1.45. The van der Waals surface area contributed by atoms with E-state index in [1.54, 1.807) is 0 Å². The maximum absolute atomic E-state index is 8.54. The van der Waals surface area contributed by atoms with Crippen molar-refractivity contribution in [2.24, 2.45) is 0 Å². The van der Waals surface area contributed by atoms with Gasteiger partial charge in [0.15, 0.2) is 0 Å². The lowest BCUT2D eigenvalue weighted by atomic mass is 10.1. The molecule has 0 aliphatic carbocycles. The van der Waals surface area contributed by atoms with Crippen LogP contribution in [0, 0.1) is 0 Å². The molecule has 0 fully saturated rings. The molecule has 0 saturated carbocycles. The maximum Gasteiger partial charge on any atom is 0.671 e. The van der Waals surface area contributed by atoms with Crippen LogP contribution in [0.2, 0.25) is 0 Å². The van der Waals surface area contributed by atoms with E-state index in [1.165, 1.54) is 0 Å². The van der Waals surface area contributed by atoms with Gasteiger partial charge >= 0.3 is 9.05 Å². The lowest BCUT2D eigenvalue weighted by Gasteiger charge is -2.09. The van der Waals surface area contributed by atoms with Crippen LogP contribution in [0.4, 0.5) is 0 Å². The van der Waals surface area contributed by atoms with Crippen LogP contribution in [-0.4, -0.2) is 30.0 Å². The van der Waals surface area contributed by atoms with E-state index in [0.717, 1.165) is 12.0 Å². The van der Waals surface area contributed by atoms with Crippen molar-refractivity contribution in [3.63, 3.8) is 0 Å². The Labute approximate surface area is 83.9 Å². The van der Waals surface area contributed by atoms with Gasteiger partial charge in [0.05, 0.1) is 0 Å². The second-order valence-corrected chi connectivity index (χ2v) is 4.45. The van der Waals surface area contributed by atoms with Crippen molar-refractivity contribution < 1.29 is 18.8 Å². The summed E-state index contributed by atoms with van der Waals surface area (Å²) < 4.78 is 4.46. The summed E-state index contributed by atoms with van der Waals surface area (Å²) >= 11 is 0. The maximum atomic E-state index is 8.54. The number of hydrogen-bond acceptors (Lipinski definition) is 4. The monoisotopic (exact) mass is 214 g/mol. The molecule has 0 heterocycles. The van der Waals surface area contributed by atoms with Crippen LogP contribution in [0.5, 0.6) is 0 Å². The Morgan fingerprint density at radius 3 is 2.29 bits per heavy atom. The summed E-state index contributed by atoms with van der Waals surface area (Å²) in [4.78, 5) is 25.6. The molecule has 3 N–H and O–H groups in total. The van der Waals surface area contributed by atoms with Gasteiger partial charge in [-0.25, -0.2) is 0 Å². The summed E-state index contributed by atoms with van der Waals surface area (Å²) in [6, 6.07) is 9.80. The normalized spacial score (nSPS) is 11.6. The second kappa shape index (κ2) is 5.23. The molecule has 0 amide bonds. The number of hydrogen-bond donors (Lipinski definition) is 3. The van der Waals surface area contributed by atoms with Gasteiger partial charge in [-0.05, 0) is 18.4 Å². The fourth-order valence-electron chi connectivity index (χ4n) is 1.13. The molecule has 0 aromatic heterocycles. The van der Waals surface area contributed by atoms with Crippen LogP contribution in [-0.2, 0) is 10.8 Å². The fourth-order valence-corrected chi connectivity index (χ4v) is 1.55. The molecular formula is C9H14O4Si. The largest absolute Gasteiger partial charge is 0.671 e. The highest BCUT2D eigenvalue weighted by Gasteiger charge is 2.29. The molecule has 0 atom stereocenters. The molecular weight excluding hydrogens is 200 g/mol. The van der Waals surface area contributed by atoms with E-state index in [4.69, 9.17) is 14.4 Å². The molecule has 0 aliphatic rings. The third-order valence-corrected chi connectivity index (χ3v) is 2.34. The van der Waals surface area contributed by atoms with Gasteiger partial charge in [0.25, 0.3) is 0 Å². The first kappa shape index (κ1) is 11.4. The fraction of sp³-hybridized carbons (Fsp3) is 0.333. The predicted octanol–water partition coefficient (Wildman–Crippen LogP) is 0.0483. The van der Waals surface area contributed by atoms with Gasteiger partial charge in [-0.1, -0.05) is 30.3 Å². The molecule has 0 unspecified atom stereocenters. The number of rotatable bonds is 5. The van der Waals surface area contributed by atoms with Crippen molar-refractivity contribution in [2.75, 3.05) is 6.61 Å². The molecule has 78 valence electrons. The summed E-state index contributed by atoms with van der Waals surface area (Å²) in [5.74, 6) is 0.